The summed E-state index contributed by atoms with van der Waals surface area (Å²) in [6.07, 6.45) is -1.45. The van der Waals surface area contributed by atoms with E-state index in [9.17, 15) is 9.59 Å². The summed E-state index contributed by atoms with van der Waals surface area (Å²) in [5.74, 6) is -0.550. The lowest BCUT2D eigenvalue weighted by atomic mass is 10.0. The molecule has 0 aliphatic carbocycles. The molecule has 3 rings (SSSR count). The Labute approximate surface area is 140 Å². The fourth-order valence-corrected chi connectivity index (χ4v) is 2.83. The summed E-state index contributed by atoms with van der Waals surface area (Å²) < 4.78 is 22.4. The van der Waals surface area contributed by atoms with Crippen LogP contribution in [0.25, 0.3) is 0 Å². The molecular weight excluding hydrogens is 314 g/mol. The van der Waals surface area contributed by atoms with Gasteiger partial charge in [0, 0.05) is 13.8 Å². The van der Waals surface area contributed by atoms with Crippen molar-refractivity contribution in [3.05, 3.63) is 35.9 Å². The average Bonchev–Trinajstić information content (AvgIpc) is 3.34. The van der Waals surface area contributed by atoms with Crippen LogP contribution in [0.2, 0.25) is 0 Å². The molecule has 7 heteroatoms. The van der Waals surface area contributed by atoms with Gasteiger partial charge in [0.15, 0.2) is 6.29 Å². The molecule has 7 nitrogen and oxygen atoms in total. The van der Waals surface area contributed by atoms with Crippen molar-refractivity contribution in [2.45, 2.75) is 51.1 Å². The first-order chi connectivity index (χ1) is 11.5. The number of carbonyl (C=O) groups excluding carboxylic acids is 2. The SMILES string of the molecule is CC(=O)NC1C(OCc2ccccc2)OC(COC(C)=O)C2OC12. The Hall–Kier alpha value is -1.96. The van der Waals surface area contributed by atoms with Crippen LogP contribution in [0, 0.1) is 0 Å². The fraction of sp³-hybridized carbons (Fsp3) is 0.529. The van der Waals surface area contributed by atoms with Gasteiger partial charge in [0.1, 0.15) is 31.0 Å². The number of carbonyl (C=O) groups is 2. The minimum Gasteiger partial charge on any atom is -0.463 e. The van der Waals surface area contributed by atoms with E-state index >= 15 is 0 Å². The fourth-order valence-electron chi connectivity index (χ4n) is 2.83. The molecule has 0 saturated carbocycles. The van der Waals surface area contributed by atoms with Crippen molar-refractivity contribution in [3.8, 4) is 0 Å². The maximum absolute atomic E-state index is 11.4. The first-order valence-corrected chi connectivity index (χ1v) is 7.91. The molecule has 130 valence electrons. The molecule has 2 heterocycles. The standard InChI is InChI=1S/C17H21NO6/c1-10(19)18-14-16-15(24-16)13(9-21-11(2)20)23-17(14)22-8-12-6-4-3-5-7-12/h3-7,13-17H,8-9H2,1-2H3,(H,18,19). The summed E-state index contributed by atoms with van der Waals surface area (Å²) in [6, 6.07) is 9.29. The molecule has 5 atom stereocenters. The molecule has 2 aliphatic heterocycles. The molecule has 1 amide bonds. The molecule has 1 N–H and O–H groups in total. The van der Waals surface area contributed by atoms with E-state index in [1.165, 1.54) is 13.8 Å². The van der Waals surface area contributed by atoms with Crippen LogP contribution in [-0.2, 0) is 35.1 Å². The summed E-state index contributed by atoms with van der Waals surface area (Å²) in [7, 11) is 0. The molecule has 1 aromatic carbocycles. The summed E-state index contributed by atoms with van der Waals surface area (Å²) in [5.41, 5.74) is 0.998. The number of nitrogens with one attached hydrogen (secondary N) is 1. The van der Waals surface area contributed by atoms with Gasteiger partial charge < -0.3 is 24.3 Å². The molecule has 0 bridgehead atoms. The minimum atomic E-state index is -0.668. The number of hydrogen-bond donors (Lipinski definition) is 1. The van der Waals surface area contributed by atoms with E-state index in [4.69, 9.17) is 18.9 Å². The van der Waals surface area contributed by atoms with E-state index in [1.54, 1.807) is 0 Å². The van der Waals surface area contributed by atoms with E-state index < -0.39 is 12.4 Å². The minimum absolute atomic E-state index is 0.106. The quantitative estimate of drug-likeness (QED) is 0.610. The third kappa shape index (κ3) is 4.11. The molecule has 2 aliphatic rings. The van der Waals surface area contributed by atoms with Gasteiger partial charge in [-0.3, -0.25) is 9.59 Å². The van der Waals surface area contributed by atoms with Gasteiger partial charge in [-0.1, -0.05) is 30.3 Å². The number of epoxide rings is 1. The van der Waals surface area contributed by atoms with Crippen LogP contribution in [-0.4, -0.2) is 49.1 Å². The van der Waals surface area contributed by atoms with Crippen molar-refractivity contribution < 1.29 is 28.5 Å². The van der Waals surface area contributed by atoms with Crippen molar-refractivity contribution in [2.75, 3.05) is 6.61 Å². The maximum Gasteiger partial charge on any atom is 0.302 e. The van der Waals surface area contributed by atoms with Crippen molar-refractivity contribution >= 4 is 11.9 Å². The highest BCUT2D eigenvalue weighted by atomic mass is 16.7. The Kier molecular flexibility index (Phi) is 5.13. The second kappa shape index (κ2) is 7.29. The number of rotatable bonds is 6. The molecule has 2 fully saturated rings. The molecule has 0 aromatic heterocycles. The molecular formula is C17H21NO6. The average molecular weight is 335 g/mol. The lowest BCUT2D eigenvalue weighted by Gasteiger charge is -2.33. The van der Waals surface area contributed by atoms with E-state index in [0.29, 0.717) is 6.61 Å². The third-order valence-corrected chi connectivity index (χ3v) is 3.96. The van der Waals surface area contributed by atoms with E-state index in [-0.39, 0.29) is 36.7 Å². The monoisotopic (exact) mass is 335 g/mol. The van der Waals surface area contributed by atoms with E-state index in [2.05, 4.69) is 5.32 Å². The number of benzene rings is 1. The van der Waals surface area contributed by atoms with Crippen LogP contribution < -0.4 is 5.32 Å². The number of ether oxygens (including phenoxy) is 4. The molecule has 2 saturated heterocycles. The van der Waals surface area contributed by atoms with Crippen LogP contribution in [0.1, 0.15) is 19.4 Å². The zero-order valence-corrected chi connectivity index (χ0v) is 13.6. The molecule has 1 aromatic rings. The molecule has 24 heavy (non-hydrogen) atoms. The highest BCUT2D eigenvalue weighted by Crippen LogP contribution is 2.38. The van der Waals surface area contributed by atoms with Crippen LogP contribution in [0.3, 0.4) is 0 Å². The Balaban J connectivity index is 1.64. The molecule has 0 spiro atoms. The van der Waals surface area contributed by atoms with Gasteiger partial charge in [-0.2, -0.15) is 0 Å². The first kappa shape index (κ1) is 16.9. The zero-order valence-electron chi connectivity index (χ0n) is 13.6. The van der Waals surface area contributed by atoms with E-state index in [1.807, 2.05) is 30.3 Å². The molecule has 5 unspecified atom stereocenters. The Morgan fingerprint density at radius 3 is 2.54 bits per heavy atom. The Morgan fingerprint density at radius 2 is 1.88 bits per heavy atom. The van der Waals surface area contributed by atoms with Gasteiger partial charge in [-0.25, -0.2) is 0 Å². The zero-order chi connectivity index (χ0) is 17.1. The van der Waals surface area contributed by atoms with Crippen molar-refractivity contribution in [1.29, 1.82) is 0 Å². The van der Waals surface area contributed by atoms with Gasteiger partial charge >= 0.3 is 5.97 Å². The highest BCUT2D eigenvalue weighted by molar-refractivity contribution is 5.73. The summed E-state index contributed by atoms with van der Waals surface area (Å²) in [4.78, 5) is 22.4. The smallest absolute Gasteiger partial charge is 0.302 e. The largest absolute Gasteiger partial charge is 0.463 e. The second-order valence-electron chi connectivity index (χ2n) is 5.93. The van der Waals surface area contributed by atoms with Gasteiger partial charge in [0.05, 0.1) is 6.61 Å². The predicted molar refractivity (Wildman–Crippen MR) is 82.8 cm³/mol. The third-order valence-electron chi connectivity index (χ3n) is 3.96. The van der Waals surface area contributed by atoms with E-state index in [0.717, 1.165) is 5.56 Å². The summed E-state index contributed by atoms with van der Waals surface area (Å²) >= 11 is 0. The van der Waals surface area contributed by atoms with Crippen LogP contribution in [0.5, 0.6) is 0 Å². The van der Waals surface area contributed by atoms with Gasteiger partial charge in [0.2, 0.25) is 5.91 Å². The van der Waals surface area contributed by atoms with Crippen molar-refractivity contribution in [2.24, 2.45) is 0 Å². The molecule has 0 radical (unpaired) electrons. The lowest BCUT2D eigenvalue weighted by molar-refractivity contribution is -0.214. The van der Waals surface area contributed by atoms with Crippen molar-refractivity contribution in [3.63, 3.8) is 0 Å². The van der Waals surface area contributed by atoms with Gasteiger partial charge in [-0.05, 0) is 5.56 Å². The number of esters is 1. The number of hydrogen-bond acceptors (Lipinski definition) is 6. The summed E-state index contributed by atoms with van der Waals surface area (Å²) in [5, 5.41) is 2.82. The summed E-state index contributed by atoms with van der Waals surface area (Å²) in [6.45, 7) is 3.24. The first-order valence-electron chi connectivity index (χ1n) is 7.91. The van der Waals surface area contributed by atoms with Crippen molar-refractivity contribution in [1.82, 2.24) is 5.32 Å². The van der Waals surface area contributed by atoms with Crippen LogP contribution in [0.4, 0.5) is 0 Å². The highest BCUT2D eigenvalue weighted by Gasteiger charge is 2.58. The number of amides is 1. The maximum atomic E-state index is 11.4. The predicted octanol–water partition coefficient (Wildman–Crippen LogP) is 0.763. The van der Waals surface area contributed by atoms with Gasteiger partial charge in [-0.15, -0.1) is 0 Å². The topological polar surface area (TPSA) is 86.4 Å². The Morgan fingerprint density at radius 1 is 1.12 bits per heavy atom. The lowest BCUT2D eigenvalue weighted by Crippen LogP contribution is -2.55. The second-order valence-corrected chi connectivity index (χ2v) is 5.93. The Bertz CT molecular complexity index is 592. The van der Waals surface area contributed by atoms with Gasteiger partial charge in [0.25, 0.3) is 0 Å². The number of fused-ring (bicyclic) bond motifs is 1. The normalized spacial score (nSPS) is 31.0. The van der Waals surface area contributed by atoms with Crippen LogP contribution >= 0.6 is 0 Å². The van der Waals surface area contributed by atoms with Crippen LogP contribution in [0.15, 0.2) is 30.3 Å².